The molecule has 1 aromatic carbocycles. The first-order valence-electron chi connectivity index (χ1n) is 5.59. The molecule has 21 heavy (non-hydrogen) atoms. The van der Waals surface area contributed by atoms with Crippen LogP contribution in [0.25, 0.3) is 0 Å². The molecule has 0 unspecified atom stereocenters. The first kappa shape index (κ1) is 15.4. The van der Waals surface area contributed by atoms with Gasteiger partial charge in [-0.15, -0.1) is 5.10 Å². The molecule has 0 fully saturated rings. The molecule has 11 heteroatoms. The zero-order valence-corrected chi connectivity index (χ0v) is 12.2. The Morgan fingerprint density at radius 1 is 1.33 bits per heavy atom. The van der Waals surface area contributed by atoms with Gasteiger partial charge in [-0.2, -0.15) is 0 Å². The van der Waals surface area contributed by atoms with Crippen molar-refractivity contribution in [1.29, 1.82) is 0 Å². The average molecular weight is 329 g/mol. The van der Waals surface area contributed by atoms with Crippen molar-refractivity contribution in [2.45, 2.75) is 16.6 Å². The van der Waals surface area contributed by atoms with Crippen molar-refractivity contribution in [2.75, 3.05) is 5.75 Å². The van der Waals surface area contributed by atoms with Crippen LogP contribution in [0, 0.1) is 0 Å². The molecule has 2 aromatic rings. The molecule has 0 atom stereocenters. The molecular formula is C10H11N5O4S2. The normalized spacial score (nSPS) is 11.5. The molecule has 2 rings (SSSR count). The minimum absolute atomic E-state index is 0.0171. The Bertz CT molecular complexity index is 741. The highest BCUT2D eigenvalue weighted by atomic mass is 32.2. The van der Waals surface area contributed by atoms with E-state index in [1.807, 2.05) is 0 Å². The lowest BCUT2D eigenvalue weighted by Crippen LogP contribution is -2.12. The first-order chi connectivity index (χ1) is 9.86. The fourth-order valence-corrected chi connectivity index (χ4v) is 2.60. The summed E-state index contributed by atoms with van der Waals surface area (Å²) >= 11 is 1.000. The van der Waals surface area contributed by atoms with Crippen LogP contribution in [-0.2, 0) is 21.4 Å². The molecule has 112 valence electrons. The van der Waals surface area contributed by atoms with Crippen LogP contribution in [0.3, 0.4) is 0 Å². The Labute approximate surface area is 124 Å². The van der Waals surface area contributed by atoms with Gasteiger partial charge in [0.05, 0.1) is 17.2 Å². The van der Waals surface area contributed by atoms with Gasteiger partial charge in [0.25, 0.3) is 0 Å². The number of tetrazole rings is 1. The smallest absolute Gasteiger partial charge is 0.313 e. The summed E-state index contributed by atoms with van der Waals surface area (Å²) in [4.78, 5) is 10.5. The Balaban J connectivity index is 2.12. The SMILES string of the molecule is NS(=O)(=O)c1ccc(Cn2nnnc2SCC(=O)O)cc1. The van der Waals surface area contributed by atoms with Gasteiger partial charge >= 0.3 is 5.97 Å². The van der Waals surface area contributed by atoms with E-state index in [9.17, 15) is 13.2 Å². The van der Waals surface area contributed by atoms with E-state index < -0.39 is 16.0 Å². The fourth-order valence-electron chi connectivity index (χ4n) is 1.48. The third-order valence-corrected chi connectivity index (χ3v) is 4.28. The number of aromatic nitrogens is 4. The van der Waals surface area contributed by atoms with Crippen LogP contribution in [0.4, 0.5) is 0 Å². The summed E-state index contributed by atoms with van der Waals surface area (Å²) in [6.07, 6.45) is 0. The third-order valence-electron chi connectivity index (χ3n) is 2.41. The number of nitrogens with zero attached hydrogens (tertiary/aromatic N) is 4. The van der Waals surface area contributed by atoms with Crippen molar-refractivity contribution in [3.05, 3.63) is 29.8 Å². The van der Waals surface area contributed by atoms with E-state index >= 15 is 0 Å². The van der Waals surface area contributed by atoms with E-state index in [4.69, 9.17) is 10.2 Å². The summed E-state index contributed by atoms with van der Waals surface area (Å²) in [5.74, 6) is -1.11. The third kappa shape index (κ3) is 4.24. The van der Waals surface area contributed by atoms with Gasteiger partial charge < -0.3 is 5.11 Å². The zero-order valence-electron chi connectivity index (χ0n) is 10.6. The number of carboxylic acid groups (broad SMARTS) is 1. The van der Waals surface area contributed by atoms with Crippen molar-refractivity contribution >= 4 is 27.8 Å². The lowest BCUT2D eigenvalue weighted by molar-refractivity contribution is -0.133. The van der Waals surface area contributed by atoms with Gasteiger partial charge in [-0.25, -0.2) is 18.2 Å². The van der Waals surface area contributed by atoms with Crippen LogP contribution in [-0.4, -0.2) is 45.5 Å². The number of nitrogens with two attached hydrogens (primary N) is 1. The highest BCUT2D eigenvalue weighted by Gasteiger charge is 2.11. The molecule has 3 N–H and O–H groups in total. The largest absolute Gasteiger partial charge is 0.481 e. The summed E-state index contributed by atoms with van der Waals surface area (Å²) in [5.41, 5.74) is 0.756. The minimum atomic E-state index is -3.72. The lowest BCUT2D eigenvalue weighted by atomic mass is 10.2. The van der Waals surface area contributed by atoms with E-state index in [2.05, 4.69) is 15.5 Å². The molecule has 1 heterocycles. The zero-order chi connectivity index (χ0) is 15.5. The Morgan fingerprint density at radius 3 is 2.57 bits per heavy atom. The second-order valence-electron chi connectivity index (χ2n) is 3.99. The highest BCUT2D eigenvalue weighted by Crippen LogP contribution is 2.15. The Hall–Kier alpha value is -1.98. The minimum Gasteiger partial charge on any atom is -0.481 e. The van der Waals surface area contributed by atoms with E-state index in [-0.39, 0.29) is 10.6 Å². The second kappa shape index (κ2) is 6.20. The van der Waals surface area contributed by atoms with Gasteiger partial charge in [0.2, 0.25) is 15.2 Å². The lowest BCUT2D eigenvalue weighted by Gasteiger charge is -2.04. The van der Waals surface area contributed by atoms with Gasteiger partial charge in [0.1, 0.15) is 0 Å². The molecule has 1 aromatic heterocycles. The van der Waals surface area contributed by atoms with Gasteiger partial charge in [-0.1, -0.05) is 23.9 Å². The van der Waals surface area contributed by atoms with E-state index in [1.165, 1.54) is 16.8 Å². The summed E-state index contributed by atoms with van der Waals surface area (Å²) < 4.78 is 23.7. The molecular weight excluding hydrogens is 318 g/mol. The van der Waals surface area contributed by atoms with Crippen LogP contribution in [0.15, 0.2) is 34.3 Å². The number of carboxylic acids is 1. The van der Waals surface area contributed by atoms with Crippen LogP contribution in [0.2, 0.25) is 0 Å². The predicted octanol–water partition coefficient (Wildman–Crippen LogP) is -0.454. The predicted molar refractivity (Wildman–Crippen MR) is 73.1 cm³/mol. The summed E-state index contributed by atoms with van der Waals surface area (Å²) in [6.45, 7) is 0.292. The quantitative estimate of drug-likeness (QED) is 0.678. The number of hydrogen-bond acceptors (Lipinski definition) is 7. The number of primary sulfonamides is 1. The number of carbonyl (C=O) groups is 1. The molecule has 9 nitrogen and oxygen atoms in total. The molecule has 0 saturated heterocycles. The highest BCUT2D eigenvalue weighted by molar-refractivity contribution is 7.99. The van der Waals surface area contributed by atoms with Crippen LogP contribution < -0.4 is 5.14 Å². The summed E-state index contributed by atoms with van der Waals surface area (Å²) in [7, 11) is -3.72. The number of hydrogen-bond donors (Lipinski definition) is 2. The summed E-state index contributed by atoms with van der Waals surface area (Å²) in [5, 5.41) is 25.0. The maximum atomic E-state index is 11.1. The fraction of sp³-hybridized carbons (Fsp3) is 0.200. The van der Waals surface area contributed by atoms with Crippen LogP contribution in [0.1, 0.15) is 5.56 Å². The molecule has 0 saturated carbocycles. The monoisotopic (exact) mass is 329 g/mol. The molecule has 0 aliphatic heterocycles. The topological polar surface area (TPSA) is 141 Å². The van der Waals surface area contributed by atoms with E-state index in [0.717, 1.165) is 17.3 Å². The first-order valence-corrected chi connectivity index (χ1v) is 8.12. The molecule has 0 aliphatic carbocycles. The number of sulfonamides is 1. The number of thioether (sulfide) groups is 1. The number of benzene rings is 1. The van der Waals surface area contributed by atoms with Crippen LogP contribution >= 0.6 is 11.8 Å². The van der Waals surface area contributed by atoms with Crippen molar-refractivity contribution in [3.63, 3.8) is 0 Å². The van der Waals surface area contributed by atoms with Crippen molar-refractivity contribution in [2.24, 2.45) is 5.14 Å². The van der Waals surface area contributed by atoms with Gasteiger partial charge in [0, 0.05) is 0 Å². The summed E-state index contributed by atoms with van der Waals surface area (Å²) in [6, 6.07) is 5.96. The molecule has 0 spiro atoms. The van der Waals surface area contributed by atoms with Gasteiger partial charge in [-0.05, 0) is 28.1 Å². The maximum absolute atomic E-state index is 11.1. The van der Waals surface area contributed by atoms with Crippen molar-refractivity contribution in [1.82, 2.24) is 20.2 Å². The number of rotatable bonds is 6. The second-order valence-corrected chi connectivity index (χ2v) is 6.49. The molecule has 0 amide bonds. The van der Waals surface area contributed by atoms with Gasteiger partial charge in [-0.3, -0.25) is 4.79 Å². The molecule has 0 aliphatic rings. The molecule has 0 radical (unpaired) electrons. The molecule has 0 bridgehead atoms. The van der Waals surface area contributed by atoms with Crippen molar-refractivity contribution in [3.8, 4) is 0 Å². The van der Waals surface area contributed by atoms with Crippen LogP contribution in [0.5, 0.6) is 0 Å². The standard InChI is InChI=1S/C10H11N5O4S2/c11-21(18,19)8-3-1-7(2-4-8)5-15-10(12-13-14-15)20-6-9(16)17/h1-4H,5-6H2,(H,16,17)(H2,11,18,19). The van der Waals surface area contributed by atoms with Gasteiger partial charge in [0.15, 0.2) is 0 Å². The Kier molecular flexibility index (Phi) is 4.55. The number of aliphatic carboxylic acids is 1. The maximum Gasteiger partial charge on any atom is 0.313 e. The van der Waals surface area contributed by atoms with E-state index in [0.29, 0.717) is 11.7 Å². The Morgan fingerprint density at radius 2 is 2.00 bits per heavy atom. The van der Waals surface area contributed by atoms with E-state index in [1.54, 1.807) is 12.1 Å². The average Bonchev–Trinajstić information content (AvgIpc) is 2.83. The van der Waals surface area contributed by atoms with Crippen molar-refractivity contribution < 1.29 is 18.3 Å².